The molecule has 1 aromatic heterocycles. The predicted octanol–water partition coefficient (Wildman–Crippen LogP) is 2.85. The quantitative estimate of drug-likeness (QED) is 0.812. The summed E-state index contributed by atoms with van der Waals surface area (Å²) < 4.78 is 15.7. The van der Waals surface area contributed by atoms with E-state index < -0.39 is 0 Å². The zero-order valence-corrected chi connectivity index (χ0v) is 12.3. The van der Waals surface area contributed by atoms with Crippen LogP contribution in [0.25, 0.3) is 11.4 Å². The van der Waals surface area contributed by atoms with E-state index in [-0.39, 0.29) is 5.92 Å². The highest BCUT2D eigenvalue weighted by Gasteiger charge is 2.14. The summed E-state index contributed by atoms with van der Waals surface area (Å²) in [6, 6.07) is 7.57. The molecule has 110 valence electrons. The SMILES string of the molecule is COc1ccc(-c2noc(CC(C)CC#N)n2)cc1OC. The molecule has 6 heteroatoms. The normalized spacial score (nSPS) is 11.7. The van der Waals surface area contributed by atoms with Gasteiger partial charge in [0, 0.05) is 18.4 Å². The summed E-state index contributed by atoms with van der Waals surface area (Å²) in [6.07, 6.45) is 1.06. The predicted molar refractivity (Wildman–Crippen MR) is 75.9 cm³/mol. The Morgan fingerprint density at radius 1 is 1.29 bits per heavy atom. The maximum absolute atomic E-state index is 8.66. The average molecular weight is 287 g/mol. The number of rotatable bonds is 6. The van der Waals surface area contributed by atoms with Crippen LogP contribution in [-0.4, -0.2) is 24.4 Å². The Labute approximate surface area is 123 Å². The van der Waals surface area contributed by atoms with Gasteiger partial charge in [-0.25, -0.2) is 0 Å². The molecule has 1 atom stereocenters. The molecule has 0 amide bonds. The second-order valence-electron chi connectivity index (χ2n) is 4.75. The van der Waals surface area contributed by atoms with E-state index >= 15 is 0 Å². The van der Waals surface area contributed by atoms with E-state index in [1.165, 1.54) is 0 Å². The minimum atomic E-state index is 0.189. The van der Waals surface area contributed by atoms with E-state index in [0.29, 0.717) is 36.1 Å². The van der Waals surface area contributed by atoms with E-state index in [4.69, 9.17) is 19.3 Å². The van der Waals surface area contributed by atoms with Crippen molar-refractivity contribution in [1.29, 1.82) is 5.26 Å². The molecule has 1 aromatic carbocycles. The lowest BCUT2D eigenvalue weighted by atomic mass is 10.1. The molecule has 0 bridgehead atoms. The highest BCUT2D eigenvalue weighted by Crippen LogP contribution is 2.31. The van der Waals surface area contributed by atoms with Gasteiger partial charge in [-0.3, -0.25) is 0 Å². The molecule has 6 nitrogen and oxygen atoms in total. The molecule has 0 fully saturated rings. The lowest BCUT2D eigenvalue weighted by molar-refractivity contribution is 0.354. The fourth-order valence-corrected chi connectivity index (χ4v) is 1.96. The van der Waals surface area contributed by atoms with Gasteiger partial charge >= 0.3 is 0 Å². The van der Waals surface area contributed by atoms with Crippen LogP contribution in [0.4, 0.5) is 0 Å². The van der Waals surface area contributed by atoms with Gasteiger partial charge in [0.15, 0.2) is 11.5 Å². The molecule has 2 rings (SSSR count). The summed E-state index contributed by atoms with van der Waals surface area (Å²) in [5.41, 5.74) is 0.788. The van der Waals surface area contributed by atoms with Gasteiger partial charge in [-0.1, -0.05) is 12.1 Å². The lowest BCUT2D eigenvalue weighted by Gasteiger charge is -2.07. The van der Waals surface area contributed by atoms with Crippen molar-refractivity contribution in [2.45, 2.75) is 19.8 Å². The molecule has 2 aromatic rings. The molecular formula is C15H17N3O3. The van der Waals surface area contributed by atoms with Gasteiger partial charge in [-0.2, -0.15) is 10.2 Å². The summed E-state index contributed by atoms with van der Waals surface area (Å²) in [6.45, 7) is 1.98. The van der Waals surface area contributed by atoms with Gasteiger partial charge in [-0.15, -0.1) is 0 Å². The number of hydrogen-bond donors (Lipinski definition) is 0. The van der Waals surface area contributed by atoms with E-state index in [1.807, 2.05) is 13.0 Å². The van der Waals surface area contributed by atoms with Gasteiger partial charge < -0.3 is 14.0 Å². The maximum Gasteiger partial charge on any atom is 0.227 e. The molecule has 0 saturated heterocycles. The Hall–Kier alpha value is -2.55. The molecule has 0 aliphatic heterocycles. The van der Waals surface area contributed by atoms with Crippen molar-refractivity contribution in [2.75, 3.05) is 14.2 Å². The Bertz CT molecular complexity index is 646. The van der Waals surface area contributed by atoms with Crippen LogP contribution in [0, 0.1) is 17.2 Å². The minimum absolute atomic E-state index is 0.189. The van der Waals surface area contributed by atoms with Crippen LogP contribution in [0.5, 0.6) is 11.5 Å². The number of benzene rings is 1. The van der Waals surface area contributed by atoms with Crippen LogP contribution >= 0.6 is 0 Å². The molecule has 0 saturated carbocycles. The average Bonchev–Trinajstić information content (AvgIpc) is 2.95. The fraction of sp³-hybridized carbons (Fsp3) is 0.400. The van der Waals surface area contributed by atoms with Crippen LogP contribution in [0.15, 0.2) is 22.7 Å². The van der Waals surface area contributed by atoms with Crippen LogP contribution in [0.1, 0.15) is 19.2 Å². The molecule has 0 radical (unpaired) electrons. The zero-order valence-electron chi connectivity index (χ0n) is 12.3. The first-order valence-corrected chi connectivity index (χ1v) is 6.59. The fourth-order valence-electron chi connectivity index (χ4n) is 1.96. The van der Waals surface area contributed by atoms with Crippen LogP contribution in [0.3, 0.4) is 0 Å². The zero-order chi connectivity index (χ0) is 15.2. The Balaban J connectivity index is 2.19. The molecule has 0 spiro atoms. The summed E-state index contributed by atoms with van der Waals surface area (Å²) >= 11 is 0. The third kappa shape index (κ3) is 3.51. The van der Waals surface area contributed by atoms with Crippen molar-refractivity contribution in [3.63, 3.8) is 0 Å². The molecule has 1 heterocycles. The number of nitriles is 1. The second-order valence-corrected chi connectivity index (χ2v) is 4.75. The van der Waals surface area contributed by atoms with E-state index in [1.54, 1.807) is 26.4 Å². The van der Waals surface area contributed by atoms with Crippen LogP contribution < -0.4 is 9.47 Å². The topological polar surface area (TPSA) is 81.2 Å². The monoisotopic (exact) mass is 287 g/mol. The Kier molecular flexibility index (Phi) is 4.77. The van der Waals surface area contributed by atoms with Crippen molar-refractivity contribution in [3.05, 3.63) is 24.1 Å². The summed E-state index contributed by atoms with van der Waals surface area (Å²) in [4.78, 5) is 4.35. The number of aromatic nitrogens is 2. The minimum Gasteiger partial charge on any atom is -0.493 e. The molecule has 21 heavy (non-hydrogen) atoms. The molecule has 0 N–H and O–H groups in total. The Morgan fingerprint density at radius 3 is 2.71 bits per heavy atom. The van der Waals surface area contributed by atoms with Gasteiger partial charge in [0.1, 0.15) is 0 Å². The van der Waals surface area contributed by atoms with Crippen LogP contribution in [-0.2, 0) is 6.42 Å². The number of ether oxygens (including phenoxy) is 2. The third-order valence-corrected chi connectivity index (χ3v) is 3.07. The summed E-state index contributed by atoms with van der Waals surface area (Å²) in [5.74, 6) is 2.47. The first kappa shape index (κ1) is 14.9. The Morgan fingerprint density at radius 2 is 2.05 bits per heavy atom. The van der Waals surface area contributed by atoms with Crippen molar-refractivity contribution in [2.24, 2.45) is 5.92 Å². The number of hydrogen-bond acceptors (Lipinski definition) is 6. The highest BCUT2D eigenvalue weighted by molar-refractivity contribution is 5.60. The first-order chi connectivity index (χ1) is 10.2. The second kappa shape index (κ2) is 6.75. The molecular weight excluding hydrogens is 270 g/mol. The standard InChI is InChI=1S/C15H17N3O3/c1-10(6-7-16)8-14-17-15(18-21-14)11-4-5-12(19-2)13(9-11)20-3/h4-5,9-10H,6,8H2,1-3H3. The van der Waals surface area contributed by atoms with Gasteiger partial charge in [0.2, 0.25) is 11.7 Å². The van der Waals surface area contributed by atoms with Crippen molar-refractivity contribution < 1.29 is 14.0 Å². The third-order valence-electron chi connectivity index (χ3n) is 3.07. The van der Waals surface area contributed by atoms with E-state index in [9.17, 15) is 0 Å². The van der Waals surface area contributed by atoms with Crippen molar-refractivity contribution >= 4 is 0 Å². The first-order valence-electron chi connectivity index (χ1n) is 6.59. The smallest absolute Gasteiger partial charge is 0.227 e. The maximum atomic E-state index is 8.66. The van der Waals surface area contributed by atoms with Crippen molar-refractivity contribution in [1.82, 2.24) is 10.1 Å². The largest absolute Gasteiger partial charge is 0.493 e. The molecule has 0 aliphatic carbocycles. The van der Waals surface area contributed by atoms with Gasteiger partial charge in [0.05, 0.1) is 20.3 Å². The van der Waals surface area contributed by atoms with E-state index in [2.05, 4.69) is 16.2 Å². The van der Waals surface area contributed by atoms with Crippen molar-refractivity contribution in [3.8, 4) is 29.0 Å². The lowest BCUT2D eigenvalue weighted by Crippen LogP contribution is -1.98. The number of methoxy groups -OCH3 is 2. The highest BCUT2D eigenvalue weighted by atomic mass is 16.5. The van der Waals surface area contributed by atoms with Gasteiger partial charge in [0.25, 0.3) is 0 Å². The summed E-state index contributed by atoms with van der Waals surface area (Å²) in [7, 11) is 3.16. The molecule has 0 aliphatic rings. The summed E-state index contributed by atoms with van der Waals surface area (Å²) in [5, 5.41) is 12.6. The van der Waals surface area contributed by atoms with Gasteiger partial charge in [-0.05, 0) is 24.1 Å². The van der Waals surface area contributed by atoms with Crippen LogP contribution in [0.2, 0.25) is 0 Å². The molecule has 1 unspecified atom stereocenters. The van der Waals surface area contributed by atoms with E-state index in [0.717, 1.165) is 5.56 Å². The number of nitrogens with zero attached hydrogens (tertiary/aromatic N) is 3.